The second-order valence-corrected chi connectivity index (χ2v) is 8.02. The lowest BCUT2D eigenvalue weighted by Crippen LogP contribution is -1.99. The normalized spacial score (nSPS) is 18.3. The largest absolute Gasteiger partial charge is 0.493 e. The van der Waals surface area contributed by atoms with Gasteiger partial charge in [0.05, 0.1) is 42.7 Å². The van der Waals surface area contributed by atoms with Gasteiger partial charge in [-0.25, -0.2) is 0 Å². The monoisotopic (exact) mass is 420 g/mol. The molecule has 1 fully saturated rings. The molecular weight excluding hydrogens is 392 g/mol. The molecule has 1 unspecified atom stereocenters. The predicted molar refractivity (Wildman–Crippen MR) is 115 cm³/mol. The topological polar surface area (TPSA) is 55.4 Å². The molecule has 1 aliphatic heterocycles. The molecule has 0 N–H and O–H groups in total. The van der Waals surface area contributed by atoms with E-state index in [1.807, 2.05) is 36.0 Å². The van der Waals surface area contributed by atoms with E-state index in [0.29, 0.717) is 45.0 Å². The first kappa shape index (κ1) is 21.3. The van der Waals surface area contributed by atoms with Gasteiger partial charge >= 0.3 is 0 Å². The first-order chi connectivity index (χ1) is 14.1. The highest BCUT2D eigenvalue weighted by molar-refractivity contribution is 8.00. The molecular formula is C22H28O6S. The number of methoxy groups -OCH3 is 6. The zero-order valence-electron chi connectivity index (χ0n) is 17.7. The Labute approximate surface area is 176 Å². The Hall–Kier alpha value is -2.41. The molecule has 0 aliphatic carbocycles. The Kier molecular flexibility index (Phi) is 6.90. The first-order valence-electron chi connectivity index (χ1n) is 9.35. The van der Waals surface area contributed by atoms with Crippen LogP contribution in [0.5, 0.6) is 34.5 Å². The molecule has 2 aromatic rings. The lowest BCUT2D eigenvalue weighted by molar-refractivity contribution is 0.323. The molecule has 0 saturated carbocycles. The molecule has 0 radical (unpaired) electrons. The lowest BCUT2D eigenvalue weighted by Gasteiger charge is -2.19. The minimum Gasteiger partial charge on any atom is -0.493 e. The van der Waals surface area contributed by atoms with Crippen molar-refractivity contribution in [2.45, 2.75) is 23.3 Å². The van der Waals surface area contributed by atoms with Gasteiger partial charge in [-0.1, -0.05) is 0 Å². The minimum absolute atomic E-state index is 0.327. The Morgan fingerprint density at radius 2 is 0.862 bits per heavy atom. The maximum Gasteiger partial charge on any atom is 0.203 e. The van der Waals surface area contributed by atoms with Crippen molar-refractivity contribution in [1.29, 1.82) is 0 Å². The molecule has 7 heteroatoms. The molecule has 1 heterocycles. The van der Waals surface area contributed by atoms with Crippen molar-refractivity contribution in [3.05, 3.63) is 35.4 Å². The van der Waals surface area contributed by atoms with Crippen LogP contribution in [0.2, 0.25) is 0 Å². The number of ether oxygens (including phenoxy) is 6. The van der Waals surface area contributed by atoms with E-state index < -0.39 is 0 Å². The van der Waals surface area contributed by atoms with Crippen molar-refractivity contribution in [1.82, 2.24) is 0 Å². The zero-order valence-corrected chi connectivity index (χ0v) is 18.6. The second kappa shape index (κ2) is 9.39. The summed E-state index contributed by atoms with van der Waals surface area (Å²) >= 11 is 1.92. The summed E-state index contributed by atoms with van der Waals surface area (Å²) in [6.45, 7) is 0. The fourth-order valence-electron chi connectivity index (χ4n) is 3.70. The Morgan fingerprint density at radius 3 is 1.10 bits per heavy atom. The number of rotatable bonds is 8. The third kappa shape index (κ3) is 4.15. The summed E-state index contributed by atoms with van der Waals surface area (Å²) in [4.78, 5) is 0. The van der Waals surface area contributed by atoms with E-state index >= 15 is 0 Å². The predicted octanol–water partition coefficient (Wildman–Crippen LogP) is 5.05. The average molecular weight is 421 g/mol. The van der Waals surface area contributed by atoms with Gasteiger partial charge in [-0.15, -0.1) is 11.8 Å². The van der Waals surface area contributed by atoms with Gasteiger partial charge in [0.1, 0.15) is 0 Å². The molecule has 29 heavy (non-hydrogen) atoms. The molecule has 0 aromatic heterocycles. The van der Waals surface area contributed by atoms with E-state index in [2.05, 4.69) is 0 Å². The Bertz CT molecular complexity index is 734. The summed E-state index contributed by atoms with van der Waals surface area (Å²) < 4.78 is 32.9. The highest BCUT2D eigenvalue weighted by Crippen LogP contribution is 2.56. The third-order valence-corrected chi connectivity index (χ3v) is 6.81. The highest BCUT2D eigenvalue weighted by atomic mass is 32.2. The van der Waals surface area contributed by atoms with Gasteiger partial charge in [0.2, 0.25) is 11.5 Å². The molecule has 6 nitrogen and oxygen atoms in total. The number of hydrogen-bond acceptors (Lipinski definition) is 7. The number of thioether (sulfide) groups is 1. The van der Waals surface area contributed by atoms with Crippen LogP contribution in [0, 0.1) is 0 Å². The van der Waals surface area contributed by atoms with Gasteiger partial charge in [-0.05, 0) is 48.2 Å². The fraction of sp³-hybridized carbons (Fsp3) is 0.455. The van der Waals surface area contributed by atoms with E-state index in [-0.39, 0.29) is 0 Å². The maximum absolute atomic E-state index is 5.52. The summed E-state index contributed by atoms with van der Waals surface area (Å²) in [6, 6.07) is 8.15. The standard InChI is InChI=1S/C22H28O6S/c1-23-15-9-13(10-16(24-2)21(15)27-5)19-7-8-20(29-19)14-11-17(25-3)22(28-6)18(12-14)26-4/h9-12,19-20H,7-8H2,1-6H3/t19-,20?/m0/s1. The van der Waals surface area contributed by atoms with Crippen molar-refractivity contribution < 1.29 is 28.4 Å². The van der Waals surface area contributed by atoms with Crippen LogP contribution in [-0.2, 0) is 0 Å². The van der Waals surface area contributed by atoms with Crippen LogP contribution in [-0.4, -0.2) is 42.7 Å². The molecule has 1 saturated heterocycles. The maximum atomic E-state index is 5.52. The van der Waals surface area contributed by atoms with E-state index in [4.69, 9.17) is 28.4 Å². The molecule has 2 atom stereocenters. The minimum atomic E-state index is 0.327. The quantitative estimate of drug-likeness (QED) is 0.592. The molecule has 158 valence electrons. The van der Waals surface area contributed by atoms with Crippen LogP contribution in [0.4, 0.5) is 0 Å². The Morgan fingerprint density at radius 1 is 0.552 bits per heavy atom. The van der Waals surface area contributed by atoms with Crippen molar-refractivity contribution in [2.24, 2.45) is 0 Å². The van der Waals surface area contributed by atoms with Crippen LogP contribution >= 0.6 is 11.8 Å². The van der Waals surface area contributed by atoms with Crippen molar-refractivity contribution in [2.75, 3.05) is 42.7 Å². The van der Waals surface area contributed by atoms with E-state index in [1.165, 1.54) is 11.1 Å². The van der Waals surface area contributed by atoms with E-state index in [9.17, 15) is 0 Å². The zero-order chi connectivity index (χ0) is 21.0. The van der Waals surface area contributed by atoms with Gasteiger partial charge in [0.25, 0.3) is 0 Å². The van der Waals surface area contributed by atoms with Crippen LogP contribution in [0.25, 0.3) is 0 Å². The third-order valence-electron chi connectivity index (χ3n) is 5.14. The van der Waals surface area contributed by atoms with Crippen LogP contribution < -0.4 is 28.4 Å². The Balaban J connectivity index is 1.89. The van der Waals surface area contributed by atoms with Crippen LogP contribution in [0.15, 0.2) is 24.3 Å². The van der Waals surface area contributed by atoms with Crippen molar-refractivity contribution in [3.63, 3.8) is 0 Å². The molecule has 0 amide bonds. The first-order valence-corrected chi connectivity index (χ1v) is 10.3. The van der Waals surface area contributed by atoms with Gasteiger partial charge < -0.3 is 28.4 Å². The second-order valence-electron chi connectivity index (χ2n) is 6.61. The smallest absolute Gasteiger partial charge is 0.203 e. The SMILES string of the molecule is COc1cc(C2CC[C@@H](c3cc(OC)c(OC)c(OC)c3)S2)cc(OC)c1OC. The fourth-order valence-corrected chi connectivity index (χ4v) is 5.23. The molecule has 1 aliphatic rings. The summed E-state index contributed by atoms with van der Waals surface area (Å²) in [5.74, 6) is 3.94. The average Bonchev–Trinajstić information content (AvgIpc) is 3.27. The highest BCUT2D eigenvalue weighted by Gasteiger charge is 2.31. The van der Waals surface area contributed by atoms with Crippen molar-refractivity contribution >= 4 is 11.8 Å². The number of hydrogen-bond donors (Lipinski definition) is 0. The number of benzene rings is 2. The van der Waals surface area contributed by atoms with Crippen LogP contribution in [0.1, 0.15) is 34.5 Å². The molecule has 0 spiro atoms. The van der Waals surface area contributed by atoms with Gasteiger partial charge in [0, 0.05) is 10.5 Å². The summed E-state index contributed by atoms with van der Waals surface area (Å²) in [7, 11) is 9.79. The van der Waals surface area contributed by atoms with Crippen molar-refractivity contribution in [3.8, 4) is 34.5 Å². The lowest BCUT2D eigenvalue weighted by atomic mass is 10.0. The van der Waals surface area contributed by atoms with Gasteiger partial charge in [0.15, 0.2) is 23.0 Å². The van der Waals surface area contributed by atoms with E-state index in [0.717, 1.165) is 12.8 Å². The summed E-state index contributed by atoms with van der Waals surface area (Å²) in [6.07, 6.45) is 2.09. The van der Waals surface area contributed by atoms with E-state index in [1.54, 1.807) is 42.7 Å². The molecule has 2 aromatic carbocycles. The van der Waals surface area contributed by atoms with Gasteiger partial charge in [-0.2, -0.15) is 0 Å². The molecule has 0 bridgehead atoms. The van der Waals surface area contributed by atoms with Crippen LogP contribution in [0.3, 0.4) is 0 Å². The summed E-state index contributed by atoms with van der Waals surface area (Å²) in [5, 5.41) is 0.653. The summed E-state index contributed by atoms with van der Waals surface area (Å²) in [5.41, 5.74) is 2.33. The van der Waals surface area contributed by atoms with Gasteiger partial charge in [-0.3, -0.25) is 0 Å². The molecule has 3 rings (SSSR count).